The van der Waals surface area contributed by atoms with Crippen molar-refractivity contribution in [1.82, 2.24) is 10.3 Å². The summed E-state index contributed by atoms with van der Waals surface area (Å²) in [5.41, 5.74) is 4.55. The molecule has 4 heteroatoms. The fraction of sp³-hybridized carbons (Fsp3) is 0.0833. The lowest BCUT2D eigenvalue weighted by Gasteiger charge is -2.12. The number of aryl methyl sites for hydroxylation is 1. The van der Waals surface area contributed by atoms with Gasteiger partial charge in [0.1, 0.15) is 5.82 Å². The number of halogens is 1. The Morgan fingerprint density at radius 3 is 2.50 bits per heavy atom. The van der Waals surface area contributed by atoms with Crippen LogP contribution in [0.25, 0.3) is 22.0 Å². The first-order valence-corrected chi connectivity index (χ1v) is 9.11. The molecule has 1 heterocycles. The van der Waals surface area contributed by atoms with Crippen LogP contribution in [0.4, 0.5) is 4.39 Å². The van der Waals surface area contributed by atoms with Gasteiger partial charge in [-0.2, -0.15) is 0 Å². The molecule has 0 aliphatic rings. The summed E-state index contributed by atoms with van der Waals surface area (Å²) in [6.07, 6.45) is 0. The Kier molecular flexibility index (Phi) is 4.85. The van der Waals surface area contributed by atoms with Gasteiger partial charge in [-0.15, -0.1) is 0 Å². The minimum Gasteiger partial charge on any atom is -0.348 e. The lowest BCUT2D eigenvalue weighted by molar-refractivity contribution is 0.0952. The van der Waals surface area contributed by atoms with Gasteiger partial charge in [-0.05, 0) is 24.6 Å². The van der Waals surface area contributed by atoms with Gasteiger partial charge >= 0.3 is 0 Å². The molecule has 1 N–H and O–H groups in total. The largest absolute Gasteiger partial charge is 0.348 e. The van der Waals surface area contributed by atoms with E-state index in [-0.39, 0.29) is 18.3 Å². The molecular formula is C24H19FN2O. The summed E-state index contributed by atoms with van der Waals surface area (Å²) in [6, 6.07) is 24.0. The molecule has 1 amide bonds. The number of amides is 1. The third kappa shape index (κ3) is 3.49. The molecule has 0 saturated heterocycles. The number of pyridine rings is 1. The van der Waals surface area contributed by atoms with Crippen LogP contribution in [0.15, 0.2) is 78.9 Å². The molecule has 1 aromatic heterocycles. The molecule has 0 radical (unpaired) electrons. The summed E-state index contributed by atoms with van der Waals surface area (Å²) < 4.78 is 13.8. The molecule has 28 heavy (non-hydrogen) atoms. The van der Waals surface area contributed by atoms with Gasteiger partial charge in [0.05, 0.1) is 11.1 Å². The molecule has 138 valence electrons. The number of carbonyl (C=O) groups excluding carboxylic acids is 1. The van der Waals surface area contributed by atoms with Crippen molar-refractivity contribution in [2.45, 2.75) is 13.5 Å². The summed E-state index contributed by atoms with van der Waals surface area (Å²) in [4.78, 5) is 17.6. The predicted octanol–water partition coefficient (Wildman–Crippen LogP) is 5.28. The van der Waals surface area contributed by atoms with Crippen molar-refractivity contribution in [2.24, 2.45) is 0 Å². The predicted molar refractivity (Wildman–Crippen MR) is 109 cm³/mol. The highest BCUT2D eigenvalue weighted by Crippen LogP contribution is 2.29. The monoisotopic (exact) mass is 370 g/mol. The first-order valence-electron chi connectivity index (χ1n) is 9.11. The Hall–Kier alpha value is -3.53. The van der Waals surface area contributed by atoms with Crippen LogP contribution in [-0.2, 0) is 6.54 Å². The molecular weight excluding hydrogens is 351 g/mol. The van der Waals surface area contributed by atoms with Crippen molar-refractivity contribution in [2.75, 3.05) is 0 Å². The molecule has 3 nitrogen and oxygen atoms in total. The Bertz CT molecular complexity index is 1160. The van der Waals surface area contributed by atoms with Crippen molar-refractivity contribution in [1.29, 1.82) is 0 Å². The Morgan fingerprint density at radius 2 is 1.71 bits per heavy atom. The fourth-order valence-electron chi connectivity index (χ4n) is 3.33. The van der Waals surface area contributed by atoms with Crippen LogP contribution >= 0.6 is 0 Å². The quantitative estimate of drug-likeness (QED) is 0.531. The Morgan fingerprint density at radius 1 is 0.964 bits per heavy atom. The molecule has 0 aliphatic heterocycles. The highest BCUT2D eigenvalue weighted by Gasteiger charge is 2.15. The van der Waals surface area contributed by atoms with Crippen molar-refractivity contribution < 1.29 is 9.18 Å². The van der Waals surface area contributed by atoms with Crippen LogP contribution in [0.5, 0.6) is 0 Å². The van der Waals surface area contributed by atoms with Crippen LogP contribution in [0.3, 0.4) is 0 Å². The maximum absolute atomic E-state index is 13.8. The lowest BCUT2D eigenvalue weighted by atomic mass is 9.98. The molecule has 3 aromatic carbocycles. The minimum absolute atomic E-state index is 0.132. The van der Waals surface area contributed by atoms with Crippen LogP contribution in [0, 0.1) is 12.7 Å². The first kappa shape index (κ1) is 17.9. The van der Waals surface area contributed by atoms with Crippen molar-refractivity contribution >= 4 is 16.8 Å². The molecule has 0 saturated carbocycles. The molecule has 0 fully saturated rings. The molecule has 0 unspecified atom stereocenters. The average Bonchev–Trinajstić information content (AvgIpc) is 2.72. The van der Waals surface area contributed by atoms with Crippen LogP contribution in [-0.4, -0.2) is 10.9 Å². The van der Waals surface area contributed by atoms with Crippen molar-refractivity contribution in [3.8, 4) is 11.1 Å². The Labute approximate surface area is 162 Å². The van der Waals surface area contributed by atoms with Crippen molar-refractivity contribution in [3.05, 3.63) is 102 Å². The van der Waals surface area contributed by atoms with Gasteiger partial charge < -0.3 is 5.32 Å². The van der Waals surface area contributed by atoms with Gasteiger partial charge in [0.2, 0.25) is 0 Å². The molecule has 4 rings (SSSR count). The topological polar surface area (TPSA) is 42.0 Å². The molecule has 0 spiro atoms. The molecule has 0 aliphatic carbocycles. The van der Waals surface area contributed by atoms with E-state index in [4.69, 9.17) is 0 Å². The number of nitrogens with zero attached hydrogens (tertiary/aromatic N) is 1. The molecule has 0 atom stereocenters. The summed E-state index contributed by atoms with van der Waals surface area (Å²) >= 11 is 0. The van der Waals surface area contributed by atoms with Crippen LogP contribution < -0.4 is 5.32 Å². The van der Waals surface area contributed by atoms with Crippen molar-refractivity contribution in [3.63, 3.8) is 0 Å². The summed E-state index contributed by atoms with van der Waals surface area (Å²) in [5.74, 6) is -0.575. The number of carbonyl (C=O) groups is 1. The van der Waals surface area contributed by atoms with E-state index in [1.807, 2.05) is 55.5 Å². The second-order valence-corrected chi connectivity index (χ2v) is 6.65. The van der Waals surface area contributed by atoms with Gasteiger partial charge in [-0.25, -0.2) is 4.39 Å². The zero-order chi connectivity index (χ0) is 19.5. The van der Waals surface area contributed by atoms with E-state index in [0.29, 0.717) is 11.1 Å². The number of nitrogens with one attached hydrogen (secondary N) is 1. The number of hydrogen-bond donors (Lipinski definition) is 1. The van der Waals surface area contributed by atoms with Crippen LogP contribution in [0.1, 0.15) is 21.6 Å². The maximum atomic E-state index is 13.8. The van der Waals surface area contributed by atoms with Gasteiger partial charge in [0, 0.05) is 28.8 Å². The second kappa shape index (κ2) is 7.61. The standard InChI is InChI=1S/C24H19FN2O/c1-16-14-21(24(28)26-15-18-10-5-6-13-22(18)25)20-12-7-11-19(23(20)27-16)17-8-3-2-4-9-17/h2-14H,15H2,1H3,(H,26,28). The van der Waals surface area contributed by atoms with E-state index < -0.39 is 0 Å². The summed E-state index contributed by atoms with van der Waals surface area (Å²) in [6.45, 7) is 2.00. The highest BCUT2D eigenvalue weighted by molar-refractivity contribution is 6.09. The van der Waals surface area contributed by atoms with E-state index in [1.54, 1.807) is 24.3 Å². The normalized spacial score (nSPS) is 10.8. The Balaban J connectivity index is 1.73. The number of hydrogen-bond acceptors (Lipinski definition) is 2. The van der Waals surface area contributed by atoms with E-state index in [1.165, 1.54) is 6.07 Å². The maximum Gasteiger partial charge on any atom is 0.252 e. The van der Waals surface area contributed by atoms with Crippen LogP contribution in [0.2, 0.25) is 0 Å². The third-order valence-corrected chi connectivity index (χ3v) is 4.69. The number of benzene rings is 3. The summed E-state index contributed by atoms with van der Waals surface area (Å²) in [5, 5.41) is 3.60. The molecule has 4 aromatic rings. The highest BCUT2D eigenvalue weighted by atomic mass is 19.1. The van der Waals surface area contributed by atoms with E-state index in [9.17, 15) is 9.18 Å². The second-order valence-electron chi connectivity index (χ2n) is 6.65. The number of rotatable bonds is 4. The minimum atomic E-state index is -0.329. The number of para-hydroxylation sites is 1. The first-order chi connectivity index (χ1) is 13.6. The number of aromatic nitrogens is 1. The van der Waals surface area contributed by atoms with Gasteiger partial charge in [0.25, 0.3) is 5.91 Å². The number of fused-ring (bicyclic) bond motifs is 1. The van der Waals surface area contributed by atoms with Gasteiger partial charge in [-0.1, -0.05) is 66.7 Å². The lowest BCUT2D eigenvalue weighted by Crippen LogP contribution is -2.23. The average molecular weight is 370 g/mol. The van der Waals surface area contributed by atoms with E-state index >= 15 is 0 Å². The fourth-order valence-corrected chi connectivity index (χ4v) is 3.33. The van der Waals surface area contributed by atoms with Gasteiger partial charge in [0.15, 0.2) is 0 Å². The smallest absolute Gasteiger partial charge is 0.252 e. The SMILES string of the molecule is Cc1cc(C(=O)NCc2ccccc2F)c2cccc(-c3ccccc3)c2n1. The van der Waals surface area contributed by atoms with E-state index in [0.717, 1.165) is 27.7 Å². The summed E-state index contributed by atoms with van der Waals surface area (Å²) in [7, 11) is 0. The van der Waals surface area contributed by atoms with Gasteiger partial charge in [-0.3, -0.25) is 9.78 Å². The van der Waals surface area contributed by atoms with E-state index in [2.05, 4.69) is 10.3 Å². The molecule has 0 bridgehead atoms. The zero-order valence-electron chi connectivity index (χ0n) is 15.4. The third-order valence-electron chi connectivity index (χ3n) is 4.69. The zero-order valence-corrected chi connectivity index (χ0v) is 15.4.